The lowest BCUT2D eigenvalue weighted by Gasteiger charge is -2.35. The third-order valence-electron chi connectivity index (χ3n) is 4.11. The summed E-state index contributed by atoms with van der Waals surface area (Å²) in [5.41, 5.74) is 1.17. The van der Waals surface area contributed by atoms with E-state index in [0.717, 1.165) is 31.2 Å². The van der Waals surface area contributed by atoms with Crippen molar-refractivity contribution in [2.75, 3.05) is 31.1 Å². The van der Waals surface area contributed by atoms with Gasteiger partial charge >= 0.3 is 0 Å². The first-order chi connectivity index (χ1) is 11.8. The minimum absolute atomic E-state index is 0.493. The van der Waals surface area contributed by atoms with Crippen LogP contribution in [0.2, 0.25) is 5.02 Å². The molecule has 1 saturated heterocycles. The van der Waals surface area contributed by atoms with Crippen LogP contribution < -0.4 is 4.90 Å². The fraction of sp³-hybridized carbons (Fsp3) is 0.294. The lowest BCUT2D eigenvalue weighted by Crippen LogP contribution is -2.46. The van der Waals surface area contributed by atoms with Crippen LogP contribution in [-0.2, 0) is 6.54 Å². The Labute approximate surface area is 144 Å². The lowest BCUT2D eigenvalue weighted by atomic mass is 10.2. The molecular formula is C17H17ClN4O2. The molecule has 24 heavy (non-hydrogen) atoms. The molecule has 0 amide bonds. The first kappa shape index (κ1) is 15.2. The van der Waals surface area contributed by atoms with Crippen LogP contribution in [0.1, 0.15) is 5.89 Å². The van der Waals surface area contributed by atoms with E-state index in [1.54, 1.807) is 12.3 Å². The van der Waals surface area contributed by atoms with Gasteiger partial charge in [0.1, 0.15) is 0 Å². The summed E-state index contributed by atoms with van der Waals surface area (Å²) in [7, 11) is 0. The summed E-state index contributed by atoms with van der Waals surface area (Å²) >= 11 is 6.07. The van der Waals surface area contributed by atoms with Crippen molar-refractivity contribution in [3.8, 4) is 11.6 Å². The summed E-state index contributed by atoms with van der Waals surface area (Å²) < 4.78 is 10.6. The number of furan rings is 1. The molecule has 0 N–H and O–H groups in total. The molecule has 7 heteroatoms. The second kappa shape index (κ2) is 6.67. The topological polar surface area (TPSA) is 58.5 Å². The SMILES string of the molecule is Clc1cccc(N2CCN(Cc3nc(-c4ccco4)no3)CC2)c1. The second-order valence-corrected chi connectivity index (χ2v) is 6.17. The van der Waals surface area contributed by atoms with Gasteiger partial charge in [-0.1, -0.05) is 22.8 Å². The predicted molar refractivity (Wildman–Crippen MR) is 90.9 cm³/mol. The summed E-state index contributed by atoms with van der Waals surface area (Å²) in [4.78, 5) is 9.04. The summed E-state index contributed by atoms with van der Waals surface area (Å²) in [5.74, 6) is 1.72. The van der Waals surface area contributed by atoms with Crippen LogP contribution in [0.4, 0.5) is 5.69 Å². The van der Waals surface area contributed by atoms with Gasteiger partial charge in [-0.25, -0.2) is 0 Å². The van der Waals surface area contributed by atoms with Crippen LogP contribution in [0.5, 0.6) is 0 Å². The van der Waals surface area contributed by atoms with Crippen molar-refractivity contribution in [2.45, 2.75) is 6.54 Å². The van der Waals surface area contributed by atoms with Crippen LogP contribution in [0.3, 0.4) is 0 Å². The number of piperazine rings is 1. The highest BCUT2D eigenvalue weighted by atomic mass is 35.5. The molecule has 0 bridgehead atoms. The van der Waals surface area contributed by atoms with Gasteiger partial charge in [0.25, 0.3) is 0 Å². The Bertz CT molecular complexity index is 795. The van der Waals surface area contributed by atoms with Gasteiger partial charge < -0.3 is 13.8 Å². The highest BCUT2D eigenvalue weighted by Crippen LogP contribution is 2.21. The fourth-order valence-electron chi connectivity index (χ4n) is 2.85. The average Bonchev–Trinajstić information content (AvgIpc) is 3.27. The number of anilines is 1. The molecule has 0 atom stereocenters. The molecule has 0 radical (unpaired) electrons. The van der Waals surface area contributed by atoms with Crippen molar-refractivity contribution >= 4 is 17.3 Å². The molecule has 0 unspecified atom stereocenters. The van der Waals surface area contributed by atoms with E-state index in [4.69, 9.17) is 20.5 Å². The monoisotopic (exact) mass is 344 g/mol. The van der Waals surface area contributed by atoms with Crippen LogP contribution in [0.15, 0.2) is 51.6 Å². The maximum Gasteiger partial charge on any atom is 0.241 e. The maximum atomic E-state index is 6.07. The molecule has 1 fully saturated rings. The lowest BCUT2D eigenvalue weighted by molar-refractivity contribution is 0.215. The molecule has 0 spiro atoms. The third-order valence-corrected chi connectivity index (χ3v) is 4.35. The standard InChI is InChI=1S/C17H17ClN4O2/c18-13-3-1-4-14(11-13)22-8-6-21(7-9-22)12-16-19-17(20-24-16)15-5-2-10-23-15/h1-5,10-11H,6-9,12H2. The minimum atomic E-state index is 0.493. The summed E-state index contributed by atoms with van der Waals surface area (Å²) in [6.45, 7) is 4.41. The number of aromatic nitrogens is 2. The van der Waals surface area contributed by atoms with E-state index in [0.29, 0.717) is 24.0 Å². The normalized spacial score (nSPS) is 15.8. The molecule has 3 aromatic rings. The van der Waals surface area contributed by atoms with Crippen LogP contribution in [0.25, 0.3) is 11.6 Å². The molecule has 4 rings (SSSR count). The summed E-state index contributed by atoms with van der Waals surface area (Å²) in [6.07, 6.45) is 1.60. The van der Waals surface area contributed by atoms with E-state index < -0.39 is 0 Å². The maximum absolute atomic E-state index is 6.07. The van der Waals surface area contributed by atoms with Crippen LogP contribution in [-0.4, -0.2) is 41.2 Å². The third kappa shape index (κ3) is 3.29. The largest absolute Gasteiger partial charge is 0.461 e. The van der Waals surface area contributed by atoms with Crippen molar-refractivity contribution in [1.29, 1.82) is 0 Å². The quantitative estimate of drug-likeness (QED) is 0.723. The van der Waals surface area contributed by atoms with Gasteiger partial charge in [0.2, 0.25) is 11.7 Å². The number of benzene rings is 1. The highest BCUT2D eigenvalue weighted by Gasteiger charge is 2.20. The molecule has 1 aliphatic heterocycles. The average molecular weight is 345 g/mol. The van der Waals surface area contributed by atoms with Gasteiger partial charge in [0, 0.05) is 36.9 Å². The van der Waals surface area contributed by atoms with Crippen molar-refractivity contribution in [1.82, 2.24) is 15.0 Å². The predicted octanol–water partition coefficient (Wildman–Crippen LogP) is 3.31. The van der Waals surface area contributed by atoms with Crippen LogP contribution >= 0.6 is 11.6 Å². The number of hydrogen-bond acceptors (Lipinski definition) is 6. The zero-order chi connectivity index (χ0) is 16.4. The Morgan fingerprint density at radius 3 is 2.71 bits per heavy atom. The Morgan fingerprint density at radius 2 is 1.96 bits per heavy atom. The molecule has 2 aromatic heterocycles. The second-order valence-electron chi connectivity index (χ2n) is 5.73. The van der Waals surface area contributed by atoms with Gasteiger partial charge in [-0.05, 0) is 30.3 Å². The van der Waals surface area contributed by atoms with Gasteiger partial charge in [0.15, 0.2) is 5.76 Å². The van der Waals surface area contributed by atoms with E-state index in [9.17, 15) is 0 Å². The molecule has 1 aliphatic rings. The zero-order valence-corrected chi connectivity index (χ0v) is 13.8. The highest BCUT2D eigenvalue weighted by molar-refractivity contribution is 6.30. The van der Waals surface area contributed by atoms with Gasteiger partial charge in [0.05, 0.1) is 12.8 Å². The molecule has 0 saturated carbocycles. The van der Waals surface area contributed by atoms with Crippen LogP contribution in [0, 0.1) is 0 Å². The van der Waals surface area contributed by atoms with E-state index in [1.165, 1.54) is 5.69 Å². The minimum Gasteiger partial charge on any atom is -0.461 e. The molecule has 124 valence electrons. The number of halogens is 1. The first-order valence-electron chi connectivity index (χ1n) is 7.87. The van der Waals surface area contributed by atoms with Crippen molar-refractivity contribution in [2.24, 2.45) is 0 Å². The Hall–Kier alpha value is -2.31. The molecule has 6 nitrogen and oxygen atoms in total. The Balaban J connectivity index is 1.35. The van der Waals surface area contributed by atoms with Gasteiger partial charge in [-0.15, -0.1) is 0 Å². The van der Waals surface area contributed by atoms with Crippen molar-refractivity contribution in [3.05, 3.63) is 53.6 Å². The summed E-state index contributed by atoms with van der Waals surface area (Å²) in [6, 6.07) is 11.6. The smallest absolute Gasteiger partial charge is 0.241 e. The Kier molecular flexibility index (Phi) is 4.23. The number of nitrogens with zero attached hydrogens (tertiary/aromatic N) is 4. The van der Waals surface area contributed by atoms with Gasteiger partial charge in [-0.2, -0.15) is 4.98 Å². The number of rotatable bonds is 4. The van der Waals surface area contributed by atoms with E-state index in [2.05, 4.69) is 26.0 Å². The van der Waals surface area contributed by atoms with E-state index in [1.807, 2.05) is 24.3 Å². The molecule has 0 aliphatic carbocycles. The van der Waals surface area contributed by atoms with E-state index >= 15 is 0 Å². The fourth-order valence-corrected chi connectivity index (χ4v) is 3.04. The first-order valence-corrected chi connectivity index (χ1v) is 8.25. The van der Waals surface area contributed by atoms with Gasteiger partial charge in [-0.3, -0.25) is 4.90 Å². The zero-order valence-electron chi connectivity index (χ0n) is 13.1. The molecule has 3 heterocycles. The van der Waals surface area contributed by atoms with E-state index in [-0.39, 0.29) is 0 Å². The summed E-state index contributed by atoms with van der Waals surface area (Å²) in [5, 5.41) is 4.73. The number of hydrogen-bond donors (Lipinski definition) is 0. The molecule has 1 aromatic carbocycles. The molecular weight excluding hydrogens is 328 g/mol. The van der Waals surface area contributed by atoms with Crippen molar-refractivity contribution < 1.29 is 8.94 Å². The Morgan fingerprint density at radius 1 is 1.08 bits per heavy atom. The van der Waals surface area contributed by atoms with Crippen molar-refractivity contribution in [3.63, 3.8) is 0 Å².